The second-order valence-corrected chi connectivity index (χ2v) is 11.2. The number of nitrogens with zero attached hydrogens (tertiary/aromatic N) is 5. The number of halogens is 4. The first-order valence-corrected chi connectivity index (χ1v) is 14.3. The number of benzene rings is 2. The maximum atomic E-state index is 13.6. The topological polar surface area (TPSA) is 118 Å². The van der Waals surface area contributed by atoms with Gasteiger partial charge in [-0.3, -0.25) is 14.6 Å². The molecule has 5 rings (SSSR count). The molecule has 1 unspecified atom stereocenters. The second-order valence-electron chi connectivity index (χ2n) is 10.8. The van der Waals surface area contributed by atoms with E-state index in [1.807, 2.05) is 38.1 Å². The lowest BCUT2D eigenvalue weighted by molar-refractivity contribution is -0.141. The molecule has 0 radical (unpaired) electrons. The summed E-state index contributed by atoms with van der Waals surface area (Å²) in [6.45, 7) is 4.05. The van der Waals surface area contributed by atoms with Crippen LogP contribution in [0.5, 0.6) is 0 Å². The van der Waals surface area contributed by atoms with Crippen LogP contribution in [0.25, 0.3) is 11.3 Å². The van der Waals surface area contributed by atoms with Gasteiger partial charge in [-0.15, -0.1) is 5.10 Å². The summed E-state index contributed by atoms with van der Waals surface area (Å²) in [5.41, 5.74) is 8.33. The molecule has 0 saturated heterocycles. The molecule has 9 nitrogen and oxygen atoms in total. The maximum absolute atomic E-state index is 13.6. The minimum absolute atomic E-state index is 0.0811. The Morgan fingerprint density at radius 3 is 2.58 bits per heavy atom. The number of anilines is 1. The molecule has 3 heterocycles. The van der Waals surface area contributed by atoms with E-state index < -0.39 is 17.9 Å². The number of amides is 2. The zero-order valence-electron chi connectivity index (χ0n) is 23.6. The Labute approximate surface area is 251 Å². The molecule has 1 aromatic heterocycles. The average Bonchev–Trinajstić information content (AvgIpc) is 3.46. The molecule has 0 bridgehead atoms. The number of aromatic nitrogens is 3. The van der Waals surface area contributed by atoms with Gasteiger partial charge in [-0.05, 0) is 61.6 Å². The maximum Gasteiger partial charge on any atom is 0.436 e. The van der Waals surface area contributed by atoms with Gasteiger partial charge in [-0.1, -0.05) is 48.4 Å². The van der Waals surface area contributed by atoms with Crippen LogP contribution in [0.15, 0.2) is 59.7 Å². The molecule has 2 aromatic carbocycles. The highest BCUT2D eigenvalue weighted by Gasteiger charge is 2.35. The molecule has 226 valence electrons. The van der Waals surface area contributed by atoms with E-state index in [9.17, 15) is 22.8 Å². The number of amidine groups is 1. The van der Waals surface area contributed by atoms with Crippen LogP contribution in [0.1, 0.15) is 62.4 Å². The fraction of sp³-hybridized carbons (Fsp3) is 0.367. The van der Waals surface area contributed by atoms with Gasteiger partial charge >= 0.3 is 6.18 Å². The molecule has 2 amide bonds. The molecule has 0 saturated carbocycles. The van der Waals surface area contributed by atoms with Gasteiger partial charge < -0.3 is 16.0 Å². The Morgan fingerprint density at radius 2 is 1.86 bits per heavy atom. The third kappa shape index (κ3) is 6.58. The number of fused-ring (bicyclic) bond motifs is 1. The number of hydrogen-bond donors (Lipinski definition) is 2. The van der Waals surface area contributed by atoms with Gasteiger partial charge in [0.25, 0.3) is 0 Å². The SMILES string of the molecule is CC1N=C(N)[C@@H](N2CCC(c3cc(Cl)ccc3-n3cc(C(F)(F)F)nn3)=CC2=O)CCC[C@@H](C)C(=O)Nc2ccccc21. The monoisotopic (exact) mass is 613 g/mol. The number of para-hydroxylation sites is 1. The Kier molecular flexibility index (Phi) is 8.59. The molecule has 2 aliphatic rings. The summed E-state index contributed by atoms with van der Waals surface area (Å²) in [5, 5.41) is 10.3. The van der Waals surface area contributed by atoms with Crippen molar-refractivity contribution >= 4 is 40.5 Å². The molecular weight excluding hydrogens is 583 g/mol. The largest absolute Gasteiger partial charge is 0.436 e. The summed E-state index contributed by atoms with van der Waals surface area (Å²) in [7, 11) is 0. The molecule has 43 heavy (non-hydrogen) atoms. The fourth-order valence-corrected chi connectivity index (χ4v) is 5.65. The normalized spacial score (nSPS) is 22.1. The summed E-state index contributed by atoms with van der Waals surface area (Å²) >= 11 is 6.26. The number of rotatable bonds is 3. The van der Waals surface area contributed by atoms with E-state index in [0.29, 0.717) is 65.6 Å². The summed E-state index contributed by atoms with van der Waals surface area (Å²) < 4.78 is 40.6. The molecular formula is C30H31ClF3N7O2. The minimum atomic E-state index is -4.65. The van der Waals surface area contributed by atoms with Crippen molar-refractivity contribution in [2.24, 2.45) is 16.6 Å². The smallest absolute Gasteiger partial charge is 0.386 e. The standard InChI is InChI=1S/C30H31ClF3N7O2/c1-17-6-5-9-25(28(35)36-18(2)21-7-3-4-8-23(21)37-29(17)43)40-13-12-19(14-27(40)42)22-15-20(31)10-11-24(22)41-16-26(38-39-41)30(32,33)34/h3-4,7-8,10-11,14-18,25H,5-6,9,12-13H2,1-2H3,(H2,35,36)(H,37,43)/t17-,18?,25+/m1/s1. The number of nitrogens with one attached hydrogen (secondary N) is 1. The summed E-state index contributed by atoms with van der Waals surface area (Å²) in [5.74, 6) is -0.322. The number of aliphatic imine (C=N–C) groups is 1. The van der Waals surface area contributed by atoms with Crippen LogP contribution in [0.3, 0.4) is 0 Å². The van der Waals surface area contributed by atoms with Crippen molar-refractivity contribution in [2.75, 3.05) is 11.9 Å². The Morgan fingerprint density at radius 1 is 1.09 bits per heavy atom. The molecule has 3 N–H and O–H groups in total. The van der Waals surface area contributed by atoms with Crippen LogP contribution in [-0.4, -0.2) is 50.1 Å². The van der Waals surface area contributed by atoms with Gasteiger partial charge in [-0.25, -0.2) is 4.68 Å². The van der Waals surface area contributed by atoms with Crippen molar-refractivity contribution in [3.63, 3.8) is 0 Å². The van der Waals surface area contributed by atoms with Gasteiger partial charge in [-0.2, -0.15) is 13.2 Å². The first-order valence-electron chi connectivity index (χ1n) is 14.0. The number of carbonyl (C=O) groups excluding carboxylic acids is 2. The van der Waals surface area contributed by atoms with Gasteiger partial charge in [0, 0.05) is 34.8 Å². The molecule has 13 heteroatoms. The Bertz CT molecular complexity index is 1600. The van der Waals surface area contributed by atoms with Gasteiger partial charge in [0.1, 0.15) is 5.84 Å². The third-order valence-corrected chi connectivity index (χ3v) is 8.06. The van der Waals surface area contributed by atoms with Crippen molar-refractivity contribution in [3.8, 4) is 5.69 Å². The zero-order chi connectivity index (χ0) is 30.9. The van der Waals surface area contributed by atoms with Crippen LogP contribution >= 0.6 is 11.6 Å². The van der Waals surface area contributed by atoms with E-state index in [1.165, 1.54) is 18.2 Å². The third-order valence-electron chi connectivity index (χ3n) is 7.83. The zero-order valence-corrected chi connectivity index (χ0v) is 24.4. The quantitative estimate of drug-likeness (QED) is 0.387. The predicted molar refractivity (Wildman–Crippen MR) is 158 cm³/mol. The highest BCUT2D eigenvalue weighted by Crippen LogP contribution is 2.34. The van der Waals surface area contributed by atoms with Crippen molar-refractivity contribution in [1.82, 2.24) is 19.9 Å². The first kappa shape index (κ1) is 30.3. The number of nitrogens with two attached hydrogens (primary N) is 1. The number of carbonyl (C=O) groups is 2. The van der Waals surface area contributed by atoms with Crippen molar-refractivity contribution in [1.29, 1.82) is 0 Å². The lowest BCUT2D eigenvalue weighted by Gasteiger charge is -2.35. The summed E-state index contributed by atoms with van der Waals surface area (Å²) in [6.07, 6.45) is -0.260. The van der Waals surface area contributed by atoms with E-state index in [1.54, 1.807) is 11.0 Å². The van der Waals surface area contributed by atoms with Gasteiger partial charge in [0.2, 0.25) is 11.8 Å². The van der Waals surface area contributed by atoms with Crippen LogP contribution in [0, 0.1) is 5.92 Å². The molecule has 0 aliphatic carbocycles. The second kappa shape index (κ2) is 12.2. The predicted octanol–water partition coefficient (Wildman–Crippen LogP) is 5.80. The molecule has 3 atom stereocenters. The lowest BCUT2D eigenvalue weighted by Crippen LogP contribution is -2.49. The van der Waals surface area contributed by atoms with Crippen LogP contribution in [0.4, 0.5) is 18.9 Å². The van der Waals surface area contributed by atoms with Crippen molar-refractivity contribution in [2.45, 2.75) is 57.8 Å². The molecule has 0 fully saturated rings. The number of hydrogen-bond acceptors (Lipinski definition) is 6. The number of alkyl halides is 3. The van der Waals surface area contributed by atoms with E-state index in [0.717, 1.165) is 16.4 Å². The molecule has 3 aromatic rings. The Balaban J connectivity index is 1.46. The van der Waals surface area contributed by atoms with Crippen molar-refractivity contribution < 1.29 is 22.8 Å². The Hall–Kier alpha value is -4.19. The highest BCUT2D eigenvalue weighted by atomic mass is 35.5. The minimum Gasteiger partial charge on any atom is -0.386 e. The van der Waals surface area contributed by atoms with Crippen LogP contribution in [-0.2, 0) is 15.8 Å². The molecule has 2 aliphatic heterocycles. The van der Waals surface area contributed by atoms with Crippen LogP contribution in [0.2, 0.25) is 5.02 Å². The lowest BCUT2D eigenvalue weighted by atomic mass is 9.94. The van der Waals surface area contributed by atoms with E-state index in [4.69, 9.17) is 22.3 Å². The highest BCUT2D eigenvalue weighted by molar-refractivity contribution is 6.30. The van der Waals surface area contributed by atoms with Crippen LogP contribution < -0.4 is 11.1 Å². The average molecular weight is 614 g/mol. The first-order chi connectivity index (χ1) is 20.4. The van der Waals surface area contributed by atoms with E-state index >= 15 is 0 Å². The fourth-order valence-electron chi connectivity index (χ4n) is 5.48. The molecule has 0 spiro atoms. The van der Waals surface area contributed by atoms with Crippen molar-refractivity contribution in [3.05, 3.63) is 76.6 Å². The van der Waals surface area contributed by atoms with E-state index in [2.05, 4.69) is 15.6 Å². The summed E-state index contributed by atoms with van der Waals surface area (Å²) in [4.78, 5) is 32.9. The van der Waals surface area contributed by atoms with Gasteiger partial charge in [0.15, 0.2) is 5.69 Å². The van der Waals surface area contributed by atoms with Gasteiger partial charge in [0.05, 0.1) is 24.0 Å². The summed E-state index contributed by atoms with van der Waals surface area (Å²) in [6, 6.07) is 11.2. The van der Waals surface area contributed by atoms with E-state index in [-0.39, 0.29) is 23.8 Å².